The Hall–Kier alpha value is -4.51. The lowest BCUT2D eigenvalue weighted by Crippen LogP contribution is -2.36. The Balaban J connectivity index is 1.75. The summed E-state index contributed by atoms with van der Waals surface area (Å²) < 4.78 is 12.2. The minimum atomic E-state index is -0.986. The Labute approximate surface area is 235 Å². The van der Waals surface area contributed by atoms with E-state index in [4.69, 9.17) is 9.47 Å². The molecular formula is C35H34O5. The van der Waals surface area contributed by atoms with Crippen molar-refractivity contribution in [3.63, 3.8) is 0 Å². The van der Waals surface area contributed by atoms with Crippen molar-refractivity contribution < 1.29 is 23.9 Å². The zero-order chi connectivity index (χ0) is 28.9. The summed E-state index contributed by atoms with van der Waals surface area (Å²) in [7, 11) is 0. The molecule has 0 N–H and O–H groups in total. The Morgan fingerprint density at radius 1 is 0.625 bits per heavy atom. The monoisotopic (exact) mass is 534 g/mol. The number of hydrogen-bond donors (Lipinski definition) is 0. The van der Waals surface area contributed by atoms with E-state index in [2.05, 4.69) is 0 Å². The Morgan fingerprint density at radius 2 is 1.05 bits per heavy atom. The van der Waals surface area contributed by atoms with E-state index in [0.717, 1.165) is 11.1 Å². The summed E-state index contributed by atoms with van der Waals surface area (Å²) in [6.07, 6.45) is -1.72. The average Bonchev–Trinajstić information content (AvgIpc) is 2.95. The molecule has 0 spiro atoms. The van der Waals surface area contributed by atoms with Gasteiger partial charge < -0.3 is 9.47 Å². The molecule has 0 bridgehead atoms. The molecule has 4 rings (SSSR count). The number of carbonyl (C=O) groups excluding carboxylic acids is 3. The minimum absolute atomic E-state index is 0.343. The molecule has 0 saturated heterocycles. The summed E-state index contributed by atoms with van der Waals surface area (Å²) >= 11 is 0. The summed E-state index contributed by atoms with van der Waals surface area (Å²) in [4.78, 5) is 40.2. The first-order valence-corrected chi connectivity index (χ1v) is 13.3. The maximum Gasteiger partial charge on any atom is 0.380 e. The molecular weight excluding hydrogens is 500 g/mol. The number of carbonyl (C=O) groups is 3. The predicted octanol–water partition coefficient (Wildman–Crippen LogP) is 7.70. The first kappa shape index (κ1) is 28.5. The molecule has 0 heterocycles. The summed E-state index contributed by atoms with van der Waals surface area (Å²) in [5.74, 6) is -2.16. The summed E-state index contributed by atoms with van der Waals surface area (Å²) in [6.45, 7) is 9.32. The lowest BCUT2D eigenvalue weighted by molar-refractivity contribution is -0.156. The molecule has 0 fully saturated rings. The maximum atomic E-state index is 13.5. The predicted molar refractivity (Wildman–Crippen MR) is 155 cm³/mol. The van der Waals surface area contributed by atoms with Crippen molar-refractivity contribution in [2.75, 3.05) is 0 Å². The molecule has 0 amide bonds. The van der Waals surface area contributed by atoms with E-state index in [1.165, 1.54) is 0 Å². The van der Waals surface area contributed by atoms with Gasteiger partial charge in [-0.25, -0.2) is 9.59 Å². The normalized spacial score (nSPS) is 12.7. The third kappa shape index (κ3) is 6.20. The molecule has 0 aliphatic heterocycles. The molecule has 4 aromatic rings. The van der Waals surface area contributed by atoms with Crippen LogP contribution >= 0.6 is 0 Å². The summed E-state index contributed by atoms with van der Waals surface area (Å²) in [5.41, 5.74) is 3.63. The highest BCUT2D eigenvalue weighted by Gasteiger charge is 2.45. The standard InChI is InChI=1S/C35H34O5/c1-23-21-24(2)29(25(3)22-23)30(36)34(38)40-32(27-17-11-7-12-18-27)35(4,5)31(26-15-9-6-10-16-26)39-33(37)28-19-13-8-14-20-28/h6-22,31-32H,1-5H3. The van der Waals surface area contributed by atoms with Crippen LogP contribution in [0.25, 0.3) is 0 Å². The Kier molecular flexibility index (Phi) is 8.64. The van der Waals surface area contributed by atoms with E-state index in [-0.39, 0.29) is 0 Å². The Bertz CT molecular complexity index is 1470. The largest absolute Gasteiger partial charge is 0.453 e. The van der Waals surface area contributed by atoms with Crippen LogP contribution in [-0.2, 0) is 14.3 Å². The number of aryl methyl sites for hydroxylation is 3. The summed E-state index contributed by atoms with van der Waals surface area (Å²) in [6, 6.07) is 31.1. The van der Waals surface area contributed by atoms with Gasteiger partial charge in [-0.1, -0.05) is 110 Å². The Morgan fingerprint density at radius 3 is 1.52 bits per heavy atom. The average molecular weight is 535 g/mol. The highest BCUT2D eigenvalue weighted by molar-refractivity contribution is 6.41. The smallest absolute Gasteiger partial charge is 0.380 e. The van der Waals surface area contributed by atoms with Gasteiger partial charge in [-0.15, -0.1) is 0 Å². The second kappa shape index (κ2) is 12.1. The third-order valence-corrected chi connectivity index (χ3v) is 7.10. The third-order valence-electron chi connectivity index (χ3n) is 7.10. The van der Waals surface area contributed by atoms with Crippen LogP contribution in [0, 0.1) is 26.2 Å². The molecule has 2 unspecified atom stereocenters. The van der Waals surface area contributed by atoms with Gasteiger partial charge in [-0.2, -0.15) is 0 Å². The summed E-state index contributed by atoms with van der Waals surface area (Å²) in [5, 5.41) is 0. The van der Waals surface area contributed by atoms with E-state index < -0.39 is 35.3 Å². The van der Waals surface area contributed by atoms with E-state index in [1.54, 1.807) is 24.3 Å². The fraction of sp³-hybridized carbons (Fsp3) is 0.229. The van der Waals surface area contributed by atoms with E-state index in [9.17, 15) is 14.4 Å². The van der Waals surface area contributed by atoms with E-state index in [0.29, 0.717) is 27.8 Å². The molecule has 4 aromatic carbocycles. The van der Waals surface area contributed by atoms with Gasteiger partial charge in [-0.05, 0) is 55.2 Å². The number of ether oxygens (including phenoxy) is 2. The van der Waals surface area contributed by atoms with Crippen LogP contribution in [0.1, 0.15) is 74.6 Å². The molecule has 5 nitrogen and oxygen atoms in total. The lowest BCUT2D eigenvalue weighted by atomic mass is 9.75. The molecule has 0 aromatic heterocycles. The van der Waals surface area contributed by atoms with Crippen LogP contribution in [0.3, 0.4) is 0 Å². The number of Topliss-reactive ketones (excluding diaryl/α,β-unsaturated/α-hetero) is 1. The quantitative estimate of drug-likeness (QED) is 0.125. The van der Waals surface area contributed by atoms with Crippen molar-refractivity contribution in [3.8, 4) is 0 Å². The molecule has 0 radical (unpaired) electrons. The zero-order valence-corrected chi connectivity index (χ0v) is 23.5. The van der Waals surface area contributed by atoms with Gasteiger partial charge in [-0.3, -0.25) is 4.79 Å². The highest BCUT2D eigenvalue weighted by atomic mass is 16.6. The van der Waals surface area contributed by atoms with Crippen molar-refractivity contribution in [1.82, 2.24) is 0 Å². The van der Waals surface area contributed by atoms with Crippen LogP contribution in [0.5, 0.6) is 0 Å². The van der Waals surface area contributed by atoms with E-state index >= 15 is 0 Å². The van der Waals surface area contributed by atoms with Gasteiger partial charge in [0.15, 0.2) is 0 Å². The van der Waals surface area contributed by atoms with Crippen molar-refractivity contribution in [3.05, 3.63) is 142 Å². The number of ketones is 1. The lowest BCUT2D eigenvalue weighted by Gasteiger charge is -2.40. The van der Waals surface area contributed by atoms with Gasteiger partial charge in [0.2, 0.25) is 0 Å². The highest BCUT2D eigenvalue weighted by Crippen LogP contribution is 2.48. The van der Waals surface area contributed by atoms with Crippen LogP contribution < -0.4 is 0 Å². The topological polar surface area (TPSA) is 69.7 Å². The van der Waals surface area contributed by atoms with Gasteiger partial charge in [0.1, 0.15) is 12.2 Å². The van der Waals surface area contributed by atoms with Gasteiger partial charge in [0, 0.05) is 11.0 Å². The second-order valence-electron chi connectivity index (χ2n) is 10.7. The van der Waals surface area contributed by atoms with Gasteiger partial charge in [0.05, 0.1) is 5.56 Å². The van der Waals surface area contributed by atoms with Gasteiger partial charge >= 0.3 is 11.9 Å². The number of esters is 2. The molecule has 0 aliphatic carbocycles. The molecule has 40 heavy (non-hydrogen) atoms. The molecule has 2 atom stereocenters. The van der Waals surface area contributed by atoms with Gasteiger partial charge in [0.25, 0.3) is 5.78 Å². The van der Waals surface area contributed by atoms with Crippen molar-refractivity contribution in [2.45, 2.75) is 46.8 Å². The number of hydrogen-bond acceptors (Lipinski definition) is 5. The fourth-order valence-electron chi connectivity index (χ4n) is 5.24. The molecule has 204 valence electrons. The van der Waals surface area contributed by atoms with Crippen LogP contribution in [0.15, 0.2) is 103 Å². The number of rotatable bonds is 9. The van der Waals surface area contributed by atoms with Crippen LogP contribution in [-0.4, -0.2) is 17.7 Å². The van der Waals surface area contributed by atoms with Crippen molar-refractivity contribution in [2.24, 2.45) is 5.41 Å². The molecule has 0 saturated carbocycles. The van der Waals surface area contributed by atoms with Crippen LogP contribution in [0.2, 0.25) is 0 Å². The van der Waals surface area contributed by atoms with E-state index in [1.807, 2.05) is 113 Å². The second-order valence-corrected chi connectivity index (χ2v) is 10.7. The van der Waals surface area contributed by atoms with Crippen molar-refractivity contribution in [1.29, 1.82) is 0 Å². The SMILES string of the molecule is Cc1cc(C)c(C(=O)C(=O)OC(c2ccccc2)C(C)(C)C(OC(=O)c2ccccc2)c2ccccc2)c(C)c1. The van der Waals surface area contributed by atoms with Crippen LogP contribution in [0.4, 0.5) is 0 Å². The van der Waals surface area contributed by atoms with Crippen molar-refractivity contribution >= 4 is 17.7 Å². The maximum absolute atomic E-state index is 13.5. The number of benzene rings is 4. The first-order chi connectivity index (χ1) is 19.1. The molecule has 0 aliphatic rings. The first-order valence-electron chi connectivity index (χ1n) is 13.3. The minimum Gasteiger partial charge on any atom is -0.453 e. The molecule has 5 heteroatoms. The zero-order valence-electron chi connectivity index (χ0n) is 23.5. The fourth-order valence-corrected chi connectivity index (χ4v) is 5.24.